The molecule has 0 fully saturated rings. The molecule has 1 atom stereocenters. The molecule has 2 rings (SSSR count). The highest BCUT2D eigenvalue weighted by molar-refractivity contribution is 5.97. The fourth-order valence-electron chi connectivity index (χ4n) is 2.45. The fourth-order valence-corrected chi connectivity index (χ4v) is 2.45. The molecule has 7 nitrogen and oxygen atoms in total. The van der Waals surface area contributed by atoms with Crippen LogP contribution in [0.4, 0.5) is 4.79 Å². The molecule has 0 spiro atoms. The summed E-state index contributed by atoms with van der Waals surface area (Å²) in [6.07, 6.45) is 0. The van der Waals surface area contributed by atoms with Crippen LogP contribution in [0.3, 0.4) is 0 Å². The minimum atomic E-state index is -0.793. The summed E-state index contributed by atoms with van der Waals surface area (Å²) >= 11 is 0. The van der Waals surface area contributed by atoms with Crippen LogP contribution < -0.4 is 10.6 Å². The molecule has 1 heterocycles. The topological polar surface area (TPSA) is 93.7 Å². The van der Waals surface area contributed by atoms with E-state index in [0.29, 0.717) is 11.3 Å². The monoisotopic (exact) mass is 318 g/mol. The highest BCUT2D eigenvalue weighted by atomic mass is 16.5. The predicted molar refractivity (Wildman–Crippen MR) is 81.5 cm³/mol. The maximum absolute atomic E-state index is 12.3. The van der Waals surface area contributed by atoms with Gasteiger partial charge in [0.15, 0.2) is 0 Å². The summed E-state index contributed by atoms with van der Waals surface area (Å²) in [6.45, 7) is 3.51. The summed E-state index contributed by atoms with van der Waals surface area (Å²) in [5.41, 5.74) is 1.38. The Morgan fingerprint density at radius 3 is 2.57 bits per heavy atom. The average Bonchev–Trinajstić information content (AvgIpc) is 2.53. The van der Waals surface area contributed by atoms with Gasteiger partial charge in [-0.25, -0.2) is 14.4 Å². The van der Waals surface area contributed by atoms with Crippen LogP contribution >= 0.6 is 0 Å². The molecule has 7 heteroatoms. The zero-order chi connectivity index (χ0) is 17.0. The van der Waals surface area contributed by atoms with Crippen molar-refractivity contribution in [2.45, 2.75) is 19.9 Å². The third kappa shape index (κ3) is 3.33. The van der Waals surface area contributed by atoms with Gasteiger partial charge in [-0.1, -0.05) is 18.2 Å². The van der Waals surface area contributed by atoms with E-state index in [-0.39, 0.29) is 17.7 Å². The largest absolute Gasteiger partial charge is 0.465 e. The summed E-state index contributed by atoms with van der Waals surface area (Å²) in [5, 5.41) is 5.20. The lowest BCUT2D eigenvalue weighted by molar-refractivity contribution is -0.139. The zero-order valence-electron chi connectivity index (χ0n) is 13.1. The number of nitrogens with one attached hydrogen (secondary N) is 2. The van der Waals surface area contributed by atoms with E-state index in [1.165, 1.54) is 7.11 Å². The highest BCUT2D eigenvalue weighted by Gasteiger charge is 2.34. The van der Waals surface area contributed by atoms with Crippen LogP contribution in [0.15, 0.2) is 35.5 Å². The molecule has 0 bridgehead atoms. The van der Waals surface area contributed by atoms with E-state index in [1.54, 1.807) is 38.1 Å². The van der Waals surface area contributed by atoms with E-state index >= 15 is 0 Å². The Morgan fingerprint density at radius 1 is 1.22 bits per heavy atom. The van der Waals surface area contributed by atoms with E-state index in [9.17, 15) is 14.4 Å². The lowest BCUT2D eigenvalue weighted by atomic mass is 9.92. The van der Waals surface area contributed by atoms with Gasteiger partial charge in [0, 0.05) is 5.70 Å². The number of amides is 2. The normalized spacial score (nSPS) is 17.2. The van der Waals surface area contributed by atoms with Gasteiger partial charge in [0.25, 0.3) is 0 Å². The van der Waals surface area contributed by atoms with Crippen molar-refractivity contribution in [1.82, 2.24) is 10.6 Å². The van der Waals surface area contributed by atoms with Crippen molar-refractivity contribution in [3.63, 3.8) is 0 Å². The lowest BCUT2D eigenvalue weighted by Crippen LogP contribution is -2.45. The van der Waals surface area contributed by atoms with Gasteiger partial charge in [-0.3, -0.25) is 0 Å². The van der Waals surface area contributed by atoms with Crippen molar-refractivity contribution in [2.75, 3.05) is 13.7 Å². The van der Waals surface area contributed by atoms with Crippen molar-refractivity contribution in [2.24, 2.45) is 0 Å². The number of hydrogen-bond acceptors (Lipinski definition) is 5. The maximum atomic E-state index is 12.3. The maximum Gasteiger partial charge on any atom is 0.338 e. The molecule has 0 unspecified atom stereocenters. The Morgan fingerprint density at radius 2 is 1.91 bits per heavy atom. The molecule has 1 aliphatic rings. The number of methoxy groups -OCH3 is 1. The van der Waals surface area contributed by atoms with Gasteiger partial charge in [-0.05, 0) is 25.5 Å². The molecular formula is C16H18N2O5. The molecule has 1 aromatic rings. The third-order valence-corrected chi connectivity index (χ3v) is 3.44. The van der Waals surface area contributed by atoms with E-state index in [1.807, 2.05) is 0 Å². The lowest BCUT2D eigenvalue weighted by Gasteiger charge is -2.29. The van der Waals surface area contributed by atoms with Crippen molar-refractivity contribution < 1.29 is 23.9 Å². The van der Waals surface area contributed by atoms with Gasteiger partial charge in [-0.15, -0.1) is 0 Å². The molecule has 1 aliphatic heterocycles. The van der Waals surface area contributed by atoms with Gasteiger partial charge in [0.2, 0.25) is 0 Å². The Kier molecular flexibility index (Phi) is 5.00. The molecular weight excluding hydrogens is 300 g/mol. The number of benzene rings is 1. The number of hydrogen-bond donors (Lipinski definition) is 2. The first kappa shape index (κ1) is 16.5. The number of esters is 2. The van der Waals surface area contributed by atoms with E-state index in [4.69, 9.17) is 9.47 Å². The van der Waals surface area contributed by atoms with Gasteiger partial charge in [0.05, 0.1) is 30.9 Å². The SMILES string of the molecule is CCOC(=O)C1=C(C)NC(=O)N[C@H]1c1ccccc1C(=O)OC. The summed E-state index contributed by atoms with van der Waals surface area (Å²) < 4.78 is 9.83. The van der Waals surface area contributed by atoms with E-state index < -0.39 is 24.0 Å². The Balaban J connectivity index is 2.55. The minimum absolute atomic E-state index is 0.203. The predicted octanol–water partition coefficient (Wildman–Crippen LogP) is 1.66. The third-order valence-electron chi connectivity index (χ3n) is 3.44. The molecule has 0 saturated heterocycles. The molecule has 0 aromatic heterocycles. The van der Waals surface area contributed by atoms with E-state index in [0.717, 1.165) is 0 Å². The molecule has 1 aromatic carbocycles. The smallest absolute Gasteiger partial charge is 0.338 e. The standard InChI is InChI=1S/C16H18N2O5/c1-4-23-15(20)12-9(2)17-16(21)18-13(12)10-7-5-6-8-11(10)14(19)22-3/h5-8,13H,4H2,1-3H3,(H2,17,18,21)/t13-/m0/s1. The Labute approximate surface area is 133 Å². The zero-order valence-corrected chi connectivity index (χ0v) is 13.1. The summed E-state index contributed by atoms with van der Waals surface area (Å²) in [5.74, 6) is -1.10. The number of carbonyl (C=O) groups is 3. The number of urea groups is 1. The van der Waals surface area contributed by atoms with Crippen LogP contribution in [0.2, 0.25) is 0 Å². The highest BCUT2D eigenvalue weighted by Crippen LogP contribution is 2.30. The number of allylic oxidation sites excluding steroid dienone is 1. The Bertz CT molecular complexity index is 681. The molecule has 0 saturated carbocycles. The Hall–Kier alpha value is -2.83. The quantitative estimate of drug-likeness (QED) is 0.824. The first-order valence-corrected chi connectivity index (χ1v) is 7.12. The molecule has 0 aliphatic carbocycles. The second-order valence-electron chi connectivity index (χ2n) is 4.87. The van der Waals surface area contributed by atoms with Crippen LogP contribution in [0.5, 0.6) is 0 Å². The molecule has 0 radical (unpaired) electrons. The van der Waals surface area contributed by atoms with Crippen LogP contribution in [-0.2, 0) is 14.3 Å². The second kappa shape index (κ2) is 6.95. The first-order chi connectivity index (χ1) is 11.0. The van der Waals surface area contributed by atoms with Crippen LogP contribution in [0.1, 0.15) is 35.8 Å². The van der Waals surface area contributed by atoms with Crippen LogP contribution in [-0.4, -0.2) is 31.7 Å². The van der Waals surface area contributed by atoms with Gasteiger partial charge in [0.1, 0.15) is 0 Å². The van der Waals surface area contributed by atoms with Crippen LogP contribution in [0, 0.1) is 0 Å². The molecule has 2 N–H and O–H groups in total. The van der Waals surface area contributed by atoms with Crippen molar-refractivity contribution in [1.29, 1.82) is 0 Å². The number of rotatable bonds is 4. The van der Waals surface area contributed by atoms with Gasteiger partial charge in [-0.2, -0.15) is 0 Å². The molecule has 122 valence electrons. The number of carbonyl (C=O) groups excluding carboxylic acids is 3. The van der Waals surface area contributed by atoms with Gasteiger partial charge < -0.3 is 20.1 Å². The first-order valence-electron chi connectivity index (χ1n) is 7.12. The summed E-state index contributed by atoms with van der Waals surface area (Å²) in [6, 6.07) is 5.38. The summed E-state index contributed by atoms with van der Waals surface area (Å²) in [7, 11) is 1.27. The fraction of sp³-hybridized carbons (Fsp3) is 0.312. The van der Waals surface area contributed by atoms with Crippen molar-refractivity contribution in [3.8, 4) is 0 Å². The average molecular weight is 318 g/mol. The molecule has 23 heavy (non-hydrogen) atoms. The van der Waals surface area contributed by atoms with Gasteiger partial charge >= 0.3 is 18.0 Å². The van der Waals surface area contributed by atoms with Crippen LogP contribution in [0.25, 0.3) is 0 Å². The minimum Gasteiger partial charge on any atom is -0.465 e. The summed E-state index contributed by atoms with van der Waals surface area (Å²) in [4.78, 5) is 36.0. The second-order valence-corrected chi connectivity index (χ2v) is 4.87. The number of ether oxygens (including phenoxy) is 2. The molecule has 2 amide bonds. The van der Waals surface area contributed by atoms with Crippen molar-refractivity contribution >= 4 is 18.0 Å². The van der Waals surface area contributed by atoms with E-state index in [2.05, 4.69) is 10.6 Å². The van der Waals surface area contributed by atoms with Crippen molar-refractivity contribution in [3.05, 3.63) is 46.7 Å².